The first-order chi connectivity index (χ1) is 16.7. The number of fused-ring (bicyclic) bond motifs is 1. The van der Waals surface area contributed by atoms with Gasteiger partial charge in [0.1, 0.15) is 16.7 Å². The number of aromatic hydroxyl groups is 3. The Morgan fingerprint density at radius 3 is 2.40 bits per heavy atom. The molecular weight excluding hydrogens is 458 g/mol. The van der Waals surface area contributed by atoms with Crippen molar-refractivity contribution in [2.75, 3.05) is 7.11 Å². The van der Waals surface area contributed by atoms with Crippen LogP contribution in [0.4, 0.5) is 5.69 Å². The molecule has 0 amide bonds. The predicted molar refractivity (Wildman–Crippen MR) is 124 cm³/mol. The summed E-state index contributed by atoms with van der Waals surface area (Å²) in [7, 11) is 1.16. The van der Waals surface area contributed by atoms with Crippen LogP contribution in [0.1, 0.15) is 23.5 Å². The average Bonchev–Trinajstić information content (AvgIpc) is 2.86. The molecule has 5 N–H and O–H groups in total. The fraction of sp³-hybridized carbons (Fsp3) is 0.120. The van der Waals surface area contributed by atoms with E-state index in [9.17, 15) is 35.3 Å². The van der Waals surface area contributed by atoms with Gasteiger partial charge in [-0.15, -0.1) is 0 Å². The first-order valence-electron chi connectivity index (χ1n) is 10.4. The van der Waals surface area contributed by atoms with E-state index in [0.29, 0.717) is 5.56 Å². The van der Waals surface area contributed by atoms with Crippen molar-refractivity contribution in [1.29, 1.82) is 0 Å². The van der Waals surface area contributed by atoms with E-state index in [1.807, 2.05) is 0 Å². The van der Waals surface area contributed by atoms with Crippen molar-refractivity contribution in [3.05, 3.63) is 87.2 Å². The molecule has 2 unspecified atom stereocenters. The number of rotatable bonds is 6. The second-order valence-electron chi connectivity index (χ2n) is 7.77. The normalized spacial score (nSPS) is 12.9. The van der Waals surface area contributed by atoms with E-state index in [0.717, 1.165) is 13.2 Å². The Morgan fingerprint density at radius 2 is 1.74 bits per heavy atom. The Morgan fingerprint density at radius 1 is 1.03 bits per heavy atom. The van der Waals surface area contributed by atoms with Crippen LogP contribution in [0.25, 0.3) is 22.3 Å². The summed E-state index contributed by atoms with van der Waals surface area (Å²) in [5.41, 5.74) is -0.436. The summed E-state index contributed by atoms with van der Waals surface area (Å²) >= 11 is 0. The molecule has 0 aliphatic carbocycles. The van der Waals surface area contributed by atoms with Crippen molar-refractivity contribution >= 4 is 22.6 Å². The van der Waals surface area contributed by atoms with Gasteiger partial charge in [-0.05, 0) is 5.56 Å². The largest absolute Gasteiger partial charge is 0.595 e. The van der Waals surface area contributed by atoms with Crippen molar-refractivity contribution in [3.8, 4) is 28.6 Å². The Bertz CT molecular complexity index is 1460. The molecule has 1 aromatic heterocycles. The van der Waals surface area contributed by atoms with Gasteiger partial charge in [-0.3, -0.25) is 9.59 Å². The lowest BCUT2D eigenvalue weighted by Crippen LogP contribution is -2.99. The molecule has 4 aromatic rings. The molecule has 2 atom stereocenters. The molecule has 0 spiro atoms. The van der Waals surface area contributed by atoms with E-state index in [1.165, 1.54) is 24.3 Å². The highest BCUT2D eigenvalue weighted by atomic mass is 16.8. The van der Waals surface area contributed by atoms with Gasteiger partial charge in [-0.2, -0.15) is 5.23 Å². The molecule has 0 aliphatic rings. The monoisotopic (exact) mass is 479 g/mol. The zero-order valence-electron chi connectivity index (χ0n) is 18.4. The Balaban J connectivity index is 2.08. The molecule has 4 rings (SSSR count). The highest BCUT2D eigenvalue weighted by Gasteiger charge is 2.31. The molecule has 180 valence electrons. The second-order valence-corrected chi connectivity index (χ2v) is 7.77. The van der Waals surface area contributed by atoms with Crippen LogP contribution in [0.5, 0.6) is 17.2 Å². The zero-order valence-corrected chi connectivity index (χ0v) is 18.4. The molecule has 0 fully saturated rings. The molecule has 0 saturated heterocycles. The van der Waals surface area contributed by atoms with Crippen LogP contribution < -0.4 is 10.7 Å². The van der Waals surface area contributed by atoms with Gasteiger partial charge in [0.25, 0.3) is 0 Å². The van der Waals surface area contributed by atoms with Crippen LogP contribution in [-0.2, 0) is 9.53 Å². The van der Waals surface area contributed by atoms with Crippen molar-refractivity contribution in [3.63, 3.8) is 0 Å². The van der Waals surface area contributed by atoms with E-state index in [2.05, 4.69) is 0 Å². The highest BCUT2D eigenvalue weighted by molar-refractivity contribution is 5.93. The van der Waals surface area contributed by atoms with E-state index in [1.54, 1.807) is 30.3 Å². The van der Waals surface area contributed by atoms with E-state index >= 15 is 0 Å². The maximum Gasteiger partial charge on any atom is 0.306 e. The summed E-state index contributed by atoms with van der Waals surface area (Å²) < 4.78 is 10.8. The van der Waals surface area contributed by atoms with Gasteiger partial charge in [-0.1, -0.05) is 42.5 Å². The lowest BCUT2D eigenvalue weighted by molar-refractivity contribution is -0.991. The molecule has 0 aliphatic heterocycles. The van der Waals surface area contributed by atoms with Gasteiger partial charge >= 0.3 is 5.97 Å². The second kappa shape index (κ2) is 9.47. The summed E-state index contributed by atoms with van der Waals surface area (Å²) in [6.07, 6.45) is -0.397. The number of carbonyl (C=O) groups excluding carboxylic acids is 1. The number of methoxy groups -OCH3 is 1. The SMILES string of the molecule is COC(=O)CC(c1cccc([NH+]([O-])O)c1)c1c(O)c(O)c(O)c2c(=O)cc(-c3ccccc3)oc12. The van der Waals surface area contributed by atoms with Crippen molar-refractivity contribution < 1.29 is 39.7 Å². The van der Waals surface area contributed by atoms with Crippen LogP contribution in [0, 0.1) is 5.21 Å². The number of hydrogen-bond donors (Lipinski definition) is 5. The molecule has 3 aromatic carbocycles. The number of benzene rings is 3. The Kier molecular flexibility index (Phi) is 6.43. The van der Waals surface area contributed by atoms with Crippen LogP contribution >= 0.6 is 0 Å². The molecule has 0 radical (unpaired) electrons. The lowest BCUT2D eigenvalue weighted by Gasteiger charge is -2.22. The van der Waals surface area contributed by atoms with E-state index in [-0.39, 0.29) is 28.2 Å². The molecule has 0 bridgehead atoms. The summed E-state index contributed by atoms with van der Waals surface area (Å²) in [6, 6.07) is 15.4. The van der Waals surface area contributed by atoms with E-state index in [4.69, 9.17) is 9.15 Å². The van der Waals surface area contributed by atoms with Gasteiger partial charge in [0.05, 0.1) is 13.5 Å². The predicted octanol–water partition coefficient (Wildman–Crippen LogP) is 2.68. The van der Waals surface area contributed by atoms with Crippen molar-refractivity contribution in [2.45, 2.75) is 12.3 Å². The van der Waals surface area contributed by atoms with Crippen molar-refractivity contribution in [1.82, 2.24) is 0 Å². The highest BCUT2D eigenvalue weighted by Crippen LogP contribution is 2.49. The lowest BCUT2D eigenvalue weighted by atomic mass is 9.86. The number of hydrogen-bond acceptors (Lipinski definition) is 9. The fourth-order valence-electron chi connectivity index (χ4n) is 3.97. The Labute approximate surface area is 198 Å². The topological polar surface area (TPSA) is 165 Å². The number of phenols is 3. The molecular formula is C25H21NO9. The van der Waals surface area contributed by atoms with Crippen LogP contribution in [0.2, 0.25) is 0 Å². The van der Waals surface area contributed by atoms with Gasteiger partial charge in [-0.25, -0.2) is 5.21 Å². The Hall–Kier alpha value is -4.38. The van der Waals surface area contributed by atoms with Gasteiger partial charge in [0, 0.05) is 35.2 Å². The number of ether oxygens (including phenoxy) is 1. The minimum atomic E-state index is -1.22. The first kappa shape index (κ1) is 23.8. The van der Waals surface area contributed by atoms with Crippen LogP contribution in [0.3, 0.4) is 0 Å². The minimum Gasteiger partial charge on any atom is -0.595 e. The quantitative estimate of drug-likeness (QED) is 0.159. The summed E-state index contributed by atoms with van der Waals surface area (Å²) in [4.78, 5) is 25.3. The first-order valence-corrected chi connectivity index (χ1v) is 10.4. The summed E-state index contributed by atoms with van der Waals surface area (Å²) in [5.74, 6) is -4.38. The summed E-state index contributed by atoms with van der Waals surface area (Å²) in [6.45, 7) is 0. The maximum absolute atomic E-state index is 13.0. The van der Waals surface area contributed by atoms with Crippen LogP contribution in [0.15, 0.2) is 69.9 Å². The van der Waals surface area contributed by atoms with Crippen LogP contribution in [-0.4, -0.2) is 33.6 Å². The molecule has 1 heterocycles. The average molecular weight is 479 g/mol. The molecule has 10 nitrogen and oxygen atoms in total. The third-order valence-corrected chi connectivity index (χ3v) is 5.67. The maximum atomic E-state index is 13.0. The van der Waals surface area contributed by atoms with Gasteiger partial charge < -0.3 is 29.7 Å². The zero-order chi connectivity index (χ0) is 25.3. The summed E-state index contributed by atoms with van der Waals surface area (Å²) in [5, 5.41) is 51.1. The van der Waals surface area contributed by atoms with Gasteiger partial charge in [0.15, 0.2) is 22.6 Å². The minimum absolute atomic E-state index is 0.0874. The number of esters is 1. The number of phenolic OH excluding ortho intramolecular Hbond substituents is 3. The van der Waals surface area contributed by atoms with Gasteiger partial charge in [0.2, 0.25) is 5.75 Å². The molecule has 10 heteroatoms. The number of carbonyl (C=O) groups is 1. The smallest absolute Gasteiger partial charge is 0.306 e. The van der Waals surface area contributed by atoms with E-state index < -0.39 is 51.6 Å². The third kappa shape index (κ3) is 4.41. The standard InChI is InChI=1S/C25H21NO9/c1-34-19(28)11-16(14-8-5-9-15(10-14)26(32)33)20-22(29)24(31)23(30)21-17(27)12-18(35-25(20)21)13-6-3-2-4-7-13/h2-10,12,16,26,29-32H,11H2,1H3. The third-order valence-electron chi connectivity index (χ3n) is 5.67. The molecule has 0 saturated carbocycles. The number of quaternary nitrogens is 1. The fourth-order valence-corrected chi connectivity index (χ4v) is 3.97. The molecule has 35 heavy (non-hydrogen) atoms. The number of nitrogens with one attached hydrogen (secondary N) is 1. The van der Waals surface area contributed by atoms with Crippen molar-refractivity contribution in [2.24, 2.45) is 0 Å².